The van der Waals surface area contributed by atoms with Gasteiger partial charge in [0, 0.05) is 34.3 Å². The van der Waals surface area contributed by atoms with Gasteiger partial charge in [-0.2, -0.15) is 0 Å². The van der Waals surface area contributed by atoms with Crippen LogP contribution in [0.15, 0.2) is 156 Å². The number of allylic oxidation sites excluding steroid dienone is 6. The molecule has 0 saturated heterocycles. The van der Waals surface area contributed by atoms with E-state index in [2.05, 4.69) is 138 Å². The Kier molecular flexibility index (Phi) is 7.88. The van der Waals surface area contributed by atoms with Crippen LogP contribution in [-0.2, 0) is 5.41 Å². The smallest absolute Gasteiger partial charge is 0.126 e. The van der Waals surface area contributed by atoms with E-state index in [9.17, 15) is 0 Å². The monoisotopic (exact) mass is 667 g/mol. The quantitative estimate of drug-likeness (QED) is 0.190. The molecule has 6 atom stereocenters. The van der Waals surface area contributed by atoms with E-state index in [1.807, 2.05) is 11.1 Å². The molecule has 6 aliphatic rings. The summed E-state index contributed by atoms with van der Waals surface area (Å²) in [6.07, 6.45) is 23.8. The highest BCUT2D eigenvalue weighted by Crippen LogP contribution is 2.65. The van der Waals surface area contributed by atoms with E-state index in [0.29, 0.717) is 11.8 Å². The zero-order valence-corrected chi connectivity index (χ0v) is 29.7. The maximum Gasteiger partial charge on any atom is 0.126 e. The number of para-hydroxylation sites is 1. The van der Waals surface area contributed by atoms with Crippen molar-refractivity contribution in [2.24, 2.45) is 11.8 Å². The third-order valence-electron chi connectivity index (χ3n) is 13.4. The highest BCUT2D eigenvalue weighted by atomic mass is 16.5. The summed E-state index contributed by atoms with van der Waals surface area (Å²) in [7, 11) is 0. The molecule has 0 bridgehead atoms. The van der Waals surface area contributed by atoms with Crippen LogP contribution in [0.2, 0.25) is 0 Å². The molecule has 256 valence electrons. The van der Waals surface area contributed by atoms with Crippen molar-refractivity contribution >= 4 is 5.69 Å². The first kappa shape index (κ1) is 31.2. The first-order chi connectivity index (χ1) is 25.3. The number of fused-ring (bicyclic) bond motifs is 5. The van der Waals surface area contributed by atoms with Gasteiger partial charge in [-0.3, -0.25) is 0 Å². The summed E-state index contributed by atoms with van der Waals surface area (Å²) >= 11 is 0. The average Bonchev–Trinajstić information content (AvgIpc) is 3.74. The van der Waals surface area contributed by atoms with Crippen molar-refractivity contribution in [1.29, 1.82) is 0 Å². The molecule has 10 rings (SSSR count). The SMILES string of the molecule is C1=CC2Oc3ccccc3C2C(N(C2=CCC3C4=C(CCCC4)C(C4=CCCCC4)(c4ccccc4)C3C2)c2ccc(-c3ccccc3)cc2)C1. The van der Waals surface area contributed by atoms with Crippen LogP contribution in [0.3, 0.4) is 0 Å². The summed E-state index contributed by atoms with van der Waals surface area (Å²) < 4.78 is 6.65. The number of ether oxygens (including phenoxy) is 1. The molecule has 0 N–H and O–H groups in total. The lowest BCUT2D eigenvalue weighted by Crippen LogP contribution is -2.47. The number of nitrogens with zero attached hydrogens (tertiary/aromatic N) is 1. The Balaban J connectivity index is 1.11. The van der Waals surface area contributed by atoms with Crippen molar-refractivity contribution in [2.45, 2.75) is 94.1 Å². The van der Waals surface area contributed by atoms with Crippen molar-refractivity contribution in [3.05, 3.63) is 167 Å². The molecular formula is C49H49NO. The molecule has 0 radical (unpaired) electrons. The minimum atomic E-state index is 0.0164. The van der Waals surface area contributed by atoms with E-state index in [1.165, 1.54) is 79.4 Å². The molecule has 0 spiro atoms. The van der Waals surface area contributed by atoms with Crippen molar-refractivity contribution < 1.29 is 4.74 Å². The van der Waals surface area contributed by atoms with Crippen LogP contribution in [0.4, 0.5) is 5.69 Å². The lowest BCUT2D eigenvalue weighted by molar-refractivity contribution is 0.228. The van der Waals surface area contributed by atoms with Gasteiger partial charge in [-0.05, 0) is 123 Å². The molecule has 51 heavy (non-hydrogen) atoms. The maximum absolute atomic E-state index is 6.65. The van der Waals surface area contributed by atoms with Gasteiger partial charge < -0.3 is 9.64 Å². The fourth-order valence-electron chi connectivity index (χ4n) is 11.5. The summed E-state index contributed by atoms with van der Waals surface area (Å²) in [6, 6.07) is 41.2. The van der Waals surface area contributed by atoms with Gasteiger partial charge in [0.05, 0.1) is 0 Å². The summed E-state index contributed by atoms with van der Waals surface area (Å²) in [5.41, 5.74) is 13.7. The molecule has 1 aliphatic heterocycles. The molecule has 2 heteroatoms. The van der Waals surface area contributed by atoms with Crippen molar-refractivity contribution in [3.63, 3.8) is 0 Å². The Labute approximate surface area is 304 Å². The number of hydrogen-bond acceptors (Lipinski definition) is 2. The van der Waals surface area contributed by atoms with Crippen LogP contribution in [0, 0.1) is 11.8 Å². The Hall–Kier alpha value is -4.56. The van der Waals surface area contributed by atoms with E-state index in [1.54, 1.807) is 11.1 Å². The van der Waals surface area contributed by atoms with Gasteiger partial charge in [0.2, 0.25) is 0 Å². The molecule has 0 aromatic heterocycles. The zero-order valence-electron chi connectivity index (χ0n) is 29.7. The van der Waals surface area contributed by atoms with Gasteiger partial charge in [-0.15, -0.1) is 0 Å². The molecule has 0 saturated carbocycles. The third-order valence-corrected chi connectivity index (χ3v) is 13.4. The first-order valence-corrected chi connectivity index (χ1v) is 19.8. The molecule has 0 amide bonds. The molecule has 4 aromatic rings. The predicted octanol–water partition coefficient (Wildman–Crippen LogP) is 12.3. The van der Waals surface area contributed by atoms with Gasteiger partial charge in [-0.1, -0.05) is 126 Å². The van der Waals surface area contributed by atoms with E-state index in [4.69, 9.17) is 4.74 Å². The maximum atomic E-state index is 6.65. The van der Waals surface area contributed by atoms with Gasteiger partial charge in [0.25, 0.3) is 0 Å². The van der Waals surface area contributed by atoms with E-state index in [0.717, 1.165) is 25.0 Å². The first-order valence-electron chi connectivity index (χ1n) is 19.8. The Bertz CT molecular complexity index is 2030. The van der Waals surface area contributed by atoms with Gasteiger partial charge >= 0.3 is 0 Å². The zero-order chi connectivity index (χ0) is 33.8. The largest absolute Gasteiger partial charge is 0.485 e. The second-order valence-electron chi connectivity index (χ2n) is 15.9. The van der Waals surface area contributed by atoms with Crippen LogP contribution >= 0.6 is 0 Å². The second-order valence-corrected chi connectivity index (χ2v) is 15.9. The number of benzene rings is 4. The van der Waals surface area contributed by atoms with Crippen LogP contribution in [-0.4, -0.2) is 12.1 Å². The third kappa shape index (κ3) is 5.04. The molecule has 5 aliphatic carbocycles. The van der Waals surface area contributed by atoms with Crippen molar-refractivity contribution in [3.8, 4) is 16.9 Å². The van der Waals surface area contributed by atoms with E-state index in [-0.39, 0.29) is 23.5 Å². The lowest BCUT2D eigenvalue weighted by Gasteiger charge is -2.48. The summed E-state index contributed by atoms with van der Waals surface area (Å²) in [4.78, 5) is 2.79. The molecular weight excluding hydrogens is 619 g/mol. The average molecular weight is 668 g/mol. The number of anilines is 1. The highest BCUT2D eigenvalue weighted by Gasteiger charge is 2.57. The van der Waals surface area contributed by atoms with Gasteiger partial charge in [-0.25, -0.2) is 0 Å². The number of hydrogen-bond donors (Lipinski definition) is 0. The molecule has 1 heterocycles. The van der Waals surface area contributed by atoms with Gasteiger partial charge in [0.15, 0.2) is 0 Å². The van der Waals surface area contributed by atoms with Crippen LogP contribution in [0.25, 0.3) is 11.1 Å². The Morgan fingerprint density at radius 1 is 0.667 bits per heavy atom. The normalized spacial score (nSPS) is 29.2. The second kappa shape index (κ2) is 12.9. The summed E-state index contributed by atoms with van der Waals surface area (Å²) in [5, 5.41) is 0. The predicted molar refractivity (Wildman–Crippen MR) is 210 cm³/mol. The van der Waals surface area contributed by atoms with Gasteiger partial charge in [0.1, 0.15) is 11.9 Å². The minimum absolute atomic E-state index is 0.0164. The topological polar surface area (TPSA) is 12.5 Å². The number of rotatable bonds is 6. The molecule has 0 fully saturated rings. The summed E-state index contributed by atoms with van der Waals surface area (Å²) in [6.45, 7) is 0. The van der Waals surface area contributed by atoms with Crippen LogP contribution in [0.5, 0.6) is 5.75 Å². The fourth-order valence-corrected chi connectivity index (χ4v) is 11.5. The highest BCUT2D eigenvalue weighted by molar-refractivity contribution is 5.68. The standard InChI is InChI=1S/C49H49NO/c1-4-15-34(16-5-1)35-27-29-38(30-28-35)50(45-24-14-26-47-48(45)42-22-11-13-25-46(42)51-47)39-31-32-41-40-21-10-12-23-43(40)49(44(41)33-39,36-17-6-2-7-18-36)37-19-8-3-9-20-37/h1-2,4-7,11,13-19,22,25-31,41,44-45,47-48H,3,8-10,12,20-21,23-24,32-33H2. The summed E-state index contributed by atoms with van der Waals surface area (Å²) in [5.74, 6) is 2.51. The minimum Gasteiger partial charge on any atom is -0.485 e. The van der Waals surface area contributed by atoms with Crippen LogP contribution < -0.4 is 9.64 Å². The Morgan fingerprint density at radius 3 is 2.24 bits per heavy atom. The fraction of sp³-hybridized carbons (Fsp3) is 0.347. The Morgan fingerprint density at radius 2 is 1.41 bits per heavy atom. The van der Waals surface area contributed by atoms with Crippen LogP contribution in [0.1, 0.15) is 87.7 Å². The van der Waals surface area contributed by atoms with Crippen molar-refractivity contribution in [1.82, 2.24) is 0 Å². The molecule has 4 aromatic carbocycles. The van der Waals surface area contributed by atoms with Crippen molar-refractivity contribution in [2.75, 3.05) is 4.90 Å². The van der Waals surface area contributed by atoms with E-state index >= 15 is 0 Å². The molecule has 2 nitrogen and oxygen atoms in total. The molecule has 6 unspecified atom stereocenters. The van der Waals surface area contributed by atoms with E-state index < -0.39 is 0 Å². The lowest BCUT2D eigenvalue weighted by atomic mass is 9.57.